The molecule has 2 rings (SSSR count). The van der Waals surface area contributed by atoms with Gasteiger partial charge in [0.15, 0.2) is 0 Å². The Kier molecular flexibility index (Phi) is 5.07. The molecule has 4 nitrogen and oxygen atoms in total. The number of hydrogen-bond acceptors (Lipinski definition) is 4. The lowest BCUT2D eigenvalue weighted by Crippen LogP contribution is -2.14. The molecule has 112 valence electrons. The smallest absolute Gasteiger partial charge is 0.256 e. The van der Waals surface area contributed by atoms with Gasteiger partial charge in [0, 0.05) is 5.69 Å². The molecule has 0 saturated heterocycles. The van der Waals surface area contributed by atoms with Crippen LogP contribution in [-0.2, 0) is 4.79 Å². The van der Waals surface area contributed by atoms with E-state index in [0.717, 1.165) is 17.1 Å². The Morgan fingerprint density at radius 2 is 1.95 bits per heavy atom. The maximum absolute atomic E-state index is 11.9. The number of oxazole rings is 1. The summed E-state index contributed by atoms with van der Waals surface area (Å²) in [6.45, 7) is 8.04. The van der Waals surface area contributed by atoms with Gasteiger partial charge in [-0.3, -0.25) is 4.79 Å². The Bertz CT molecular complexity index is 598. The molecule has 2 aromatic rings. The van der Waals surface area contributed by atoms with E-state index in [9.17, 15) is 4.79 Å². The topological polar surface area (TPSA) is 55.1 Å². The summed E-state index contributed by atoms with van der Waals surface area (Å²) < 4.78 is 5.43. The van der Waals surface area contributed by atoms with Crippen molar-refractivity contribution in [2.24, 2.45) is 0 Å². The van der Waals surface area contributed by atoms with Crippen molar-refractivity contribution in [1.29, 1.82) is 0 Å². The molecule has 5 heteroatoms. The molecular weight excluding hydrogens is 284 g/mol. The second kappa shape index (κ2) is 6.80. The fourth-order valence-electron chi connectivity index (χ4n) is 1.78. The molecule has 1 amide bonds. The van der Waals surface area contributed by atoms with Crippen molar-refractivity contribution in [3.05, 3.63) is 41.3 Å². The summed E-state index contributed by atoms with van der Waals surface area (Å²) in [6, 6.07) is 7.93. The lowest BCUT2D eigenvalue weighted by Gasteiger charge is -2.07. The molecule has 1 heterocycles. The molecule has 0 atom stereocenters. The Balaban J connectivity index is 1.86. The molecule has 0 aliphatic rings. The van der Waals surface area contributed by atoms with Crippen LogP contribution in [0.1, 0.15) is 36.8 Å². The number of nitrogens with one attached hydrogen (secondary N) is 1. The van der Waals surface area contributed by atoms with Crippen molar-refractivity contribution < 1.29 is 9.21 Å². The quantitative estimate of drug-likeness (QED) is 0.843. The number of carbonyl (C=O) groups excluding carboxylic acids is 1. The highest BCUT2D eigenvalue weighted by molar-refractivity contribution is 7.99. The van der Waals surface area contributed by atoms with E-state index in [0.29, 0.717) is 11.1 Å². The second-order valence-corrected chi connectivity index (χ2v) is 6.16. The fourth-order valence-corrected chi connectivity index (χ4v) is 2.49. The van der Waals surface area contributed by atoms with Gasteiger partial charge >= 0.3 is 0 Å². The van der Waals surface area contributed by atoms with Gasteiger partial charge in [0.25, 0.3) is 5.22 Å². The minimum absolute atomic E-state index is 0.0641. The van der Waals surface area contributed by atoms with Crippen LogP contribution >= 0.6 is 11.8 Å². The first-order valence-electron chi connectivity index (χ1n) is 6.92. The monoisotopic (exact) mass is 304 g/mol. The van der Waals surface area contributed by atoms with E-state index >= 15 is 0 Å². The largest absolute Gasteiger partial charge is 0.437 e. The zero-order valence-electron chi connectivity index (χ0n) is 12.8. The summed E-state index contributed by atoms with van der Waals surface area (Å²) in [5.74, 6) is 1.50. The van der Waals surface area contributed by atoms with Crippen molar-refractivity contribution in [2.75, 3.05) is 11.1 Å². The molecule has 0 saturated carbocycles. The minimum Gasteiger partial charge on any atom is -0.437 e. The number of carbonyl (C=O) groups is 1. The Morgan fingerprint density at radius 3 is 2.48 bits per heavy atom. The molecule has 0 aliphatic carbocycles. The molecule has 0 radical (unpaired) electrons. The fraction of sp³-hybridized carbons (Fsp3) is 0.375. The first-order chi connectivity index (χ1) is 9.95. The molecule has 0 bridgehead atoms. The molecule has 0 fully saturated rings. The lowest BCUT2D eigenvalue weighted by molar-refractivity contribution is -0.113. The summed E-state index contributed by atoms with van der Waals surface area (Å²) >= 11 is 1.30. The Morgan fingerprint density at radius 1 is 1.29 bits per heavy atom. The van der Waals surface area contributed by atoms with Gasteiger partial charge in [-0.1, -0.05) is 37.7 Å². The summed E-state index contributed by atoms with van der Waals surface area (Å²) in [7, 11) is 0. The van der Waals surface area contributed by atoms with Gasteiger partial charge in [0.1, 0.15) is 5.76 Å². The van der Waals surface area contributed by atoms with Gasteiger partial charge in [-0.15, -0.1) is 0 Å². The third-order valence-corrected chi connectivity index (χ3v) is 4.02. The molecule has 1 aromatic heterocycles. The standard InChI is InChI=1S/C16H20N2O2S/c1-10(2)13-5-7-14(8-6-13)18-15(19)9-21-16-17-11(3)12(4)20-16/h5-8,10H,9H2,1-4H3,(H,18,19). The van der Waals surface area contributed by atoms with E-state index in [2.05, 4.69) is 24.1 Å². The van der Waals surface area contributed by atoms with Crippen molar-refractivity contribution in [2.45, 2.75) is 38.8 Å². The zero-order chi connectivity index (χ0) is 15.4. The molecule has 0 aliphatic heterocycles. The maximum Gasteiger partial charge on any atom is 0.256 e. The highest BCUT2D eigenvalue weighted by atomic mass is 32.2. The van der Waals surface area contributed by atoms with E-state index in [-0.39, 0.29) is 11.7 Å². The second-order valence-electron chi connectivity index (χ2n) is 5.23. The van der Waals surface area contributed by atoms with E-state index in [4.69, 9.17) is 4.42 Å². The van der Waals surface area contributed by atoms with Crippen LogP contribution in [0.3, 0.4) is 0 Å². The summed E-state index contributed by atoms with van der Waals surface area (Å²) in [5, 5.41) is 3.41. The van der Waals surface area contributed by atoms with Crippen molar-refractivity contribution in [1.82, 2.24) is 4.98 Å². The van der Waals surface area contributed by atoms with Crippen LogP contribution < -0.4 is 5.32 Å². The molecule has 0 unspecified atom stereocenters. The normalized spacial score (nSPS) is 10.9. The number of aryl methyl sites for hydroxylation is 2. The van der Waals surface area contributed by atoms with Crippen LogP contribution in [0.15, 0.2) is 33.9 Å². The molecular formula is C16H20N2O2S. The molecule has 1 N–H and O–H groups in total. The van der Waals surface area contributed by atoms with Gasteiger partial charge in [-0.2, -0.15) is 0 Å². The van der Waals surface area contributed by atoms with E-state index in [1.807, 2.05) is 38.1 Å². The van der Waals surface area contributed by atoms with Gasteiger partial charge in [-0.25, -0.2) is 4.98 Å². The predicted octanol–water partition coefficient (Wildman–Crippen LogP) is 4.15. The highest BCUT2D eigenvalue weighted by Crippen LogP contribution is 2.21. The number of anilines is 1. The van der Waals surface area contributed by atoms with Gasteiger partial charge in [0.05, 0.1) is 11.4 Å². The first-order valence-corrected chi connectivity index (χ1v) is 7.91. The van der Waals surface area contributed by atoms with Crippen LogP contribution in [0.2, 0.25) is 0 Å². The SMILES string of the molecule is Cc1nc(SCC(=O)Nc2ccc(C(C)C)cc2)oc1C. The highest BCUT2D eigenvalue weighted by Gasteiger charge is 2.09. The predicted molar refractivity (Wildman–Crippen MR) is 85.9 cm³/mol. The average Bonchev–Trinajstić information content (AvgIpc) is 2.76. The van der Waals surface area contributed by atoms with Crippen LogP contribution in [0.5, 0.6) is 0 Å². The first kappa shape index (κ1) is 15.6. The summed E-state index contributed by atoms with van der Waals surface area (Å²) in [4.78, 5) is 16.1. The minimum atomic E-state index is -0.0641. The third-order valence-electron chi connectivity index (χ3n) is 3.20. The number of rotatable bonds is 5. The van der Waals surface area contributed by atoms with Crippen molar-refractivity contribution in [3.8, 4) is 0 Å². The lowest BCUT2D eigenvalue weighted by atomic mass is 10.0. The summed E-state index contributed by atoms with van der Waals surface area (Å²) in [5.41, 5.74) is 2.93. The Labute approximate surface area is 129 Å². The number of benzene rings is 1. The van der Waals surface area contributed by atoms with Crippen LogP contribution in [0.25, 0.3) is 0 Å². The number of amides is 1. The number of thioether (sulfide) groups is 1. The van der Waals surface area contributed by atoms with Crippen LogP contribution in [0.4, 0.5) is 5.69 Å². The Hall–Kier alpha value is -1.75. The van der Waals surface area contributed by atoms with E-state index in [1.165, 1.54) is 17.3 Å². The number of nitrogens with zero attached hydrogens (tertiary/aromatic N) is 1. The van der Waals surface area contributed by atoms with E-state index in [1.54, 1.807) is 0 Å². The van der Waals surface area contributed by atoms with Crippen molar-refractivity contribution in [3.63, 3.8) is 0 Å². The van der Waals surface area contributed by atoms with Gasteiger partial charge in [0.2, 0.25) is 5.91 Å². The summed E-state index contributed by atoms with van der Waals surface area (Å²) in [6.07, 6.45) is 0. The number of hydrogen-bond donors (Lipinski definition) is 1. The van der Waals surface area contributed by atoms with Crippen LogP contribution in [-0.4, -0.2) is 16.6 Å². The van der Waals surface area contributed by atoms with E-state index < -0.39 is 0 Å². The maximum atomic E-state index is 11.9. The van der Waals surface area contributed by atoms with Gasteiger partial charge in [-0.05, 0) is 37.5 Å². The number of aromatic nitrogens is 1. The molecule has 0 spiro atoms. The van der Waals surface area contributed by atoms with Crippen molar-refractivity contribution >= 4 is 23.4 Å². The van der Waals surface area contributed by atoms with Gasteiger partial charge < -0.3 is 9.73 Å². The van der Waals surface area contributed by atoms with Crippen LogP contribution in [0, 0.1) is 13.8 Å². The molecule has 1 aromatic carbocycles. The third kappa shape index (κ3) is 4.36. The zero-order valence-corrected chi connectivity index (χ0v) is 13.6. The molecule has 21 heavy (non-hydrogen) atoms. The average molecular weight is 304 g/mol.